The highest BCUT2D eigenvalue weighted by Crippen LogP contribution is 2.32. The number of benzene rings is 1. The molecule has 0 atom stereocenters. The Labute approximate surface area is 163 Å². The van der Waals surface area contributed by atoms with Gasteiger partial charge in [-0.3, -0.25) is 4.99 Å². The largest absolute Gasteiger partial charge is 0.416 e. The molecule has 4 nitrogen and oxygen atoms in total. The number of alkyl halides is 3. The SMILES string of the molecule is CN=C(NCc1ccc(F)cc1C(F)(F)F)NCC(C)(C)N(C)C.I. The van der Waals surface area contributed by atoms with Crippen molar-refractivity contribution >= 4 is 29.9 Å². The normalized spacial score (nSPS) is 12.8. The maximum Gasteiger partial charge on any atom is 0.416 e. The van der Waals surface area contributed by atoms with Gasteiger partial charge >= 0.3 is 6.18 Å². The van der Waals surface area contributed by atoms with Gasteiger partial charge in [0.05, 0.1) is 5.56 Å². The van der Waals surface area contributed by atoms with Crippen LogP contribution in [0.15, 0.2) is 23.2 Å². The van der Waals surface area contributed by atoms with Crippen LogP contribution in [0.2, 0.25) is 0 Å². The average Bonchev–Trinajstić information content (AvgIpc) is 2.47. The minimum atomic E-state index is -4.61. The number of aliphatic imine (C=N–C) groups is 1. The lowest BCUT2D eigenvalue weighted by Gasteiger charge is -2.33. The van der Waals surface area contributed by atoms with E-state index in [1.165, 1.54) is 7.05 Å². The summed E-state index contributed by atoms with van der Waals surface area (Å²) >= 11 is 0. The van der Waals surface area contributed by atoms with E-state index in [9.17, 15) is 17.6 Å². The van der Waals surface area contributed by atoms with Crippen LogP contribution in [0.1, 0.15) is 25.0 Å². The number of nitrogens with one attached hydrogen (secondary N) is 2. The highest BCUT2D eigenvalue weighted by atomic mass is 127. The summed E-state index contributed by atoms with van der Waals surface area (Å²) in [6.45, 7) is 4.48. The van der Waals surface area contributed by atoms with Crippen LogP contribution in [0.3, 0.4) is 0 Å². The molecule has 0 radical (unpaired) electrons. The molecule has 2 N–H and O–H groups in total. The highest BCUT2D eigenvalue weighted by Gasteiger charge is 2.33. The minimum absolute atomic E-state index is 0. The molecule has 25 heavy (non-hydrogen) atoms. The summed E-state index contributed by atoms with van der Waals surface area (Å²) < 4.78 is 52.1. The van der Waals surface area contributed by atoms with Crippen molar-refractivity contribution in [2.45, 2.75) is 32.1 Å². The molecule has 1 rings (SSSR count). The first-order chi connectivity index (χ1) is 11.0. The Morgan fingerprint density at radius 1 is 1.16 bits per heavy atom. The Kier molecular flexibility index (Phi) is 9.14. The van der Waals surface area contributed by atoms with Crippen molar-refractivity contribution in [1.82, 2.24) is 15.5 Å². The van der Waals surface area contributed by atoms with Gasteiger partial charge in [0.25, 0.3) is 0 Å². The maximum absolute atomic E-state index is 13.1. The number of rotatable bonds is 5. The third-order valence-electron chi connectivity index (χ3n) is 3.95. The van der Waals surface area contributed by atoms with Crippen molar-refractivity contribution in [3.63, 3.8) is 0 Å². The summed E-state index contributed by atoms with van der Waals surface area (Å²) in [5, 5.41) is 5.90. The fourth-order valence-electron chi connectivity index (χ4n) is 1.82. The van der Waals surface area contributed by atoms with Crippen LogP contribution >= 0.6 is 24.0 Å². The van der Waals surface area contributed by atoms with Crippen molar-refractivity contribution in [3.8, 4) is 0 Å². The predicted octanol–water partition coefficient (Wildman–Crippen LogP) is 3.47. The van der Waals surface area contributed by atoms with E-state index >= 15 is 0 Å². The van der Waals surface area contributed by atoms with Crippen LogP contribution in [0.5, 0.6) is 0 Å². The number of hydrogen-bond donors (Lipinski definition) is 2. The molecule has 144 valence electrons. The third kappa shape index (κ3) is 7.35. The first-order valence-corrected chi connectivity index (χ1v) is 7.45. The lowest BCUT2D eigenvalue weighted by atomic mass is 10.0. The third-order valence-corrected chi connectivity index (χ3v) is 3.95. The Bertz CT molecular complexity index is 586. The molecule has 0 fully saturated rings. The van der Waals surface area contributed by atoms with E-state index in [4.69, 9.17) is 0 Å². The van der Waals surface area contributed by atoms with E-state index in [-0.39, 0.29) is 41.6 Å². The van der Waals surface area contributed by atoms with Gasteiger partial charge in [-0.15, -0.1) is 24.0 Å². The van der Waals surface area contributed by atoms with Crippen LogP contribution in [-0.4, -0.2) is 44.1 Å². The quantitative estimate of drug-likeness (QED) is 0.296. The van der Waals surface area contributed by atoms with E-state index in [0.717, 1.165) is 12.1 Å². The van der Waals surface area contributed by atoms with E-state index in [1.807, 2.05) is 32.8 Å². The van der Waals surface area contributed by atoms with Gasteiger partial charge in [0.2, 0.25) is 0 Å². The summed E-state index contributed by atoms with van der Waals surface area (Å²) in [5.74, 6) is -0.538. The second kappa shape index (κ2) is 9.56. The molecule has 0 unspecified atom stereocenters. The fraction of sp³-hybridized carbons (Fsp3) is 0.562. The molecule has 9 heteroatoms. The molecule has 0 heterocycles. The molecule has 0 aliphatic carbocycles. The topological polar surface area (TPSA) is 39.7 Å². The maximum atomic E-state index is 13.1. The second-order valence-corrected chi connectivity index (χ2v) is 6.29. The molecule has 0 spiro atoms. The van der Waals surface area contributed by atoms with Crippen LogP contribution in [0.25, 0.3) is 0 Å². The minimum Gasteiger partial charge on any atom is -0.355 e. The Morgan fingerprint density at radius 2 is 1.76 bits per heavy atom. The van der Waals surface area contributed by atoms with Crippen molar-refractivity contribution in [1.29, 1.82) is 0 Å². The summed E-state index contributed by atoms with van der Waals surface area (Å²) in [5.41, 5.74) is -1.19. The van der Waals surface area contributed by atoms with E-state index in [1.54, 1.807) is 0 Å². The van der Waals surface area contributed by atoms with Crippen LogP contribution in [0, 0.1) is 5.82 Å². The van der Waals surface area contributed by atoms with Gasteiger partial charge in [0, 0.05) is 25.7 Å². The lowest BCUT2D eigenvalue weighted by Crippen LogP contribution is -2.50. The van der Waals surface area contributed by atoms with Gasteiger partial charge in [-0.2, -0.15) is 13.2 Å². The van der Waals surface area contributed by atoms with Crippen molar-refractivity contribution in [2.24, 2.45) is 4.99 Å². The zero-order valence-electron chi connectivity index (χ0n) is 15.0. The highest BCUT2D eigenvalue weighted by molar-refractivity contribution is 14.0. The van der Waals surface area contributed by atoms with Gasteiger partial charge in [-0.1, -0.05) is 6.07 Å². The van der Waals surface area contributed by atoms with E-state index < -0.39 is 17.6 Å². The van der Waals surface area contributed by atoms with Crippen LogP contribution in [-0.2, 0) is 12.7 Å². The van der Waals surface area contributed by atoms with Crippen molar-refractivity contribution in [3.05, 3.63) is 35.1 Å². The predicted molar refractivity (Wildman–Crippen MR) is 103 cm³/mol. The zero-order valence-corrected chi connectivity index (χ0v) is 17.3. The summed E-state index contributed by atoms with van der Waals surface area (Å²) in [6, 6.07) is 2.64. The summed E-state index contributed by atoms with van der Waals surface area (Å²) in [6.07, 6.45) is -4.61. The van der Waals surface area contributed by atoms with Gasteiger partial charge in [-0.25, -0.2) is 4.39 Å². The molecule has 0 aliphatic rings. The van der Waals surface area contributed by atoms with Gasteiger partial charge < -0.3 is 15.5 Å². The Balaban J connectivity index is 0.00000576. The smallest absolute Gasteiger partial charge is 0.355 e. The monoisotopic (exact) mass is 476 g/mol. The molecule has 0 aliphatic heterocycles. The number of halogens is 5. The first-order valence-electron chi connectivity index (χ1n) is 7.45. The molecular weight excluding hydrogens is 451 g/mol. The van der Waals surface area contributed by atoms with E-state index in [0.29, 0.717) is 18.6 Å². The summed E-state index contributed by atoms with van der Waals surface area (Å²) in [7, 11) is 5.41. The Morgan fingerprint density at radius 3 is 2.24 bits per heavy atom. The second-order valence-electron chi connectivity index (χ2n) is 6.29. The number of guanidine groups is 1. The van der Waals surface area contributed by atoms with Crippen LogP contribution < -0.4 is 10.6 Å². The van der Waals surface area contributed by atoms with Gasteiger partial charge in [-0.05, 0) is 45.6 Å². The standard InChI is InChI=1S/C16H24F4N4.HI/c1-15(2,24(4)5)10-23-14(21-3)22-9-11-6-7-12(17)8-13(11)16(18,19)20;/h6-8H,9-10H2,1-5H3,(H2,21,22,23);1H. The Hall–Kier alpha value is -1.10. The van der Waals surface area contributed by atoms with Crippen molar-refractivity contribution < 1.29 is 17.6 Å². The zero-order chi connectivity index (χ0) is 18.5. The summed E-state index contributed by atoms with van der Waals surface area (Å²) in [4.78, 5) is 6.02. The lowest BCUT2D eigenvalue weighted by molar-refractivity contribution is -0.138. The van der Waals surface area contributed by atoms with E-state index in [2.05, 4.69) is 15.6 Å². The molecule has 0 bridgehead atoms. The van der Waals surface area contributed by atoms with Gasteiger partial charge in [0.15, 0.2) is 5.96 Å². The average molecular weight is 476 g/mol. The molecule has 1 aromatic rings. The number of hydrogen-bond acceptors (Lipinski definition) is 2. The molecular formula is C16H25F4IN4. The molecule has 0 aromatic heterocycles. The molecule has 0 saturated heterocycles. The molecule has 0 amide bonds. The number of likely N-dealkylation sites (N-methyl/N-ethyl adjacent to an activating group) is 1. The molecule has 0 saturated carbocycles. The fourth-order valence-corrected chi connectivity index (χ4v) is 1.82. The number of nitrogens with zero attached hydrogens (tertiary/aromatic N) is 2. The molecule has 1 aromatic carbocycles. The van der Waals surface area contributed by atoms with Crippen molar-refractivity contribution in [2.75, 3.05) is 27.7 Å². The van der Waals surface area contributed by atoms with Crippen LogP contribution in [0.4, 0.5) is 17.6 Å². The van der Waals surface area contributed by atoms with Gasteiger partial charge in [0.1, 0.15) is 5.82 Å². The first kappa shape index (κ1) is 23.9.